The van der Waals surface area contributed by atoms with Crippen LogP contribution in [0.2, 0.25) is 5.02 Å². The van der Waals surface area contributed by atoms with Crippen LogP contribution in [0.15, 0.2) is 42.5 Å². The molecule has 176 valence electrons. The van der Waals surface area contributed by atoms with Crippen molar-refractivity contribution in [1.82, 2.24) is 4.72 Å². The van der Waals surface area contributed by atoms with Gasteiger partial charge in [0.05, 0.1) is 6.61 Å². The first-order valence-corrected chi connectivity index (χ1v) is 12.0. The minimum atomic E-state index is -3.71. The van der Waals surface area contributed by atoms with Crippen LogP contribution >= 0.6 is 11.6 Å². The van der Waals surface area contributed by atoms with Crippen molar-refractivity contribution < 1.29 is 33.6 Å². The van der Waals surface area contributed by atoms with Crippen LogP contribution in [0.4, 0.5) is 0 Å². The van der Waals surface area contributed by atoms with Crippen LogP contribution in [0.5, 0.6) is 0 Å². The normalized spacial score (nSPS) is 26.2. The van der Waals surface area contributed by atoms with Gasteiger partial charge in [-0.25, -0.2) is 9.86 Å². The standard InChI is InChI=1S/C21H27ClN2O7S/c22-16-6-5-14(21-20(28)19(27)18(26)17(11-25)31-21)10-15(16)9-13-3-1-12(2-4-13)7-8-24-32(23,29)30/h1-6,10,17-21,24-28H,7-9,11H2,(H2,23,29,30)/t17-,18-,19-,20-,21+/m1/s1. The molecular weight excluding hydrogens is 460 g/mol. The molecule has 0 aliphatic carbocycles. The van der Waals surface area contributed by atoms with Gasteiger partial charge >= 0.3 is 0 Å². The van der Waals surface area contributed by atoms with Crippen molar-refractivity contribution >= 4 is 21.8 Å². The van der Waals surface area contributed by atoms with Crippen molar-refractivity contribution in [3.63, 3.8) is 0 Å². The molecule has 0 amide bonds. The van der Waals surface area contributed by atoms with Crippen molar-refractivity contribution in [1.29, 1.82) is 0 Å². The quantitative estimate of drug-likeness (QED) is 0.300. The second-order valence-corrected chi connectivity index (χ2v) is 9.57. The van der Waals surface area contributed by atoms with Crippen LogP contribution in [0, 0.1) is 0 Å². The Kier molecular flexibility index (Phi) is 8.26. The largest absolute Gasteiger partial charge is 0.394 e. The molecule has 3 rings (SSSR count). The summed E-state index contributed by atoms with van der Waals surface area (Å²) in [6.45, 7) is -0.299. The SMILES string of the molecule is NS(=O)(=O)NCCc1ccc(Cc2cc([C@@H]3O[C@H](CO)[C@@H](O)[C@@H](O)[C@H]3O)ccc2Cl)cc1. The summed E-state index contributed by atoms with van der Waals surface area (Å²) in [6.07, 6.45) is -5.20. The van der Waals surface area contributed by atoms with E-state index < -0.39 is 47.3 Å². The highest BCUT2D eigenvalue weighted by Gasteiger charge is 2.44. The van der Waals surface area contributed by atoms with E-state index in [1.807, 2.05) is 24.3 Å². The lowest BCUT2D eigenvalue weighted by Crippen LogP contribution is -2.55. The van der Waals surface area contributed by atoms with Crippen LogP contribution in [0.25, 0.3) is 0 Å². The van der Waals surface area contributed by atoms with Crippen LogP contribution in [0.1, 0.15) is 28.4 Å². The predicted octanol–water partition coefficient (Wildman–Crippen LogP) is -0.219. The summed E-state index contributed by atoms with van der Waals surface area (Å²) >= 11 is 6.36. The topological polar surface area (TPSA) is 162 Å². The monoisotopic (exact) mass is 486 g/mol. The highest BCUT2D eigenvalue weighted by atomic mass is 35.5. The summed E-state index contributed by atoms with van der Waals surface area (Å²) in [6, 6.07) is 12.7. The van der Waals surface area contributed by atoms with E-state index in [1.165, 1.54) is 0 Å². The minimum absolute atomic E-state index is 0.200. The highest BCUT2D eigenvalue weighted by molar-refractivity contribution is 7.87. The van der Waals surface area contributed by atoms with E-state index in [9.17, 15) is 28.8 Å². The molecule has 1 aliphatic rings. The summed E-state index contributed by atoms with van der Waals surface area (Å²) in [5, 5.41) is 45.2. The maximum absolute atomic E-state index is 10.9. The summed E-state index contributed by atoms with van der Waals surface area (Å²) in [7, 11) is -3.71. The second kappa shape index (κ2) is 10.6. The van der Waals surface area contributed by atoms with Crippen LogP contribution < -0.4 is 9.86 Å². The third-order valence-corrected chi connectivity index (χ3v) is 6.40. The van der Waals surface area contributed by atoms with Gasteiger partial charge in [-0.15, -0.1) is 0 Å². The van der Waals surface area contributed by atoms with Crippen molar-refractivity contribution in [3.8, 4) is 0 Å². The highest BCUT2D eigenvalue weighted by Crippen LogP contribution is 2.34. The Morgan fingerprint density at radius 3 is 2.28 bits per heavy atom. The number of hydrogen-bond acceptors (Lipinski definition) is 7. The number of nitrogens with two attached hydrogens (primary N) is 1. The summed E-state index contributed by atoms with van der Waals surface area (Å²) in [4.78, 5) is 0. The zero-order valence-corrected chi connectivity index (χ0v) is 18.7. The molecule has 0 bridgehead atoms. The first-order valence-electron chi connectivity index (χ1n) is 10.0. The van der Waals surface area contributed by atoms with Crippen molar-refractivity contribution in [2.45, 2.75) is 43.4 Å². The molecule has 1 fully saturated rings. The van der Waals surface area contributed by atoms with Gasteiger partial charge in [-0.05, 0) is 41.2 Å². The average molecular weight is 487 g/mol. The molecule has 2 aromatic carbocycles. The third kappa shape index (κ3) is 6.25. The van der Waals surface area contributed by atoms with E-state index in [1.54, 1.807) is 18.2 Å². The number of aliphatic hydroxyl groups is 4. The molecule has 1 saturated heterocycles. The Labute approximate surface area is 191 Å². The number of nitrogens with one attached hydrogen (secondary N) is 1. The Morgan fingerprint density at radius 1 is 1.00 bits per heavy atom. The van der Waals surface area contributed by atoms with Gasteiger partial charge in [0, 0.05) is 11.6 Å². The molecular formula is C21H27ClN2O7S. The molecule has 0 saturated carbocycles. The summed E-state index contributed by atoms with van der Waals surface area (Å²) < 4.78 is 29.7. The maximum atomic E-state index is 10.9. The van der Waals surface area contributed by atoms with E-state index in [2.05, 4.69) is 4.72 Å². The molecule has 2 aromatic rings. The molecule has 0 spiro atoms. The van der Waals surface area contributed by atoms with E-state index in [4.69, 9.17) is 21.5 Å². The third-order valence-electron chi connectivity index (χ3n) is 5.43. The molecule has 7 N–H and O–H groups in total. The number of benzene rings is 2. The maximum Gasteiger partial charge on any atom is 0.274 e. The first-order chi connectivity index (χ1) is 15.1. The molecule has 9 nitrogen and oxygen atoms in total. The van der Waals surface area contributed by atoms with E-state index >= 15 is 0 Å². The van der Waals surface area contributed by atoms with Gasteiger partial charge < -0.3 is 25.2 Å². The van der Waals surface area contributed by atoms with Gasteiger partial charge in [-0.2, -0.15) is 8.42 Å². The fourth-order valence-corrected chi connectivity index (χ4v) is 4.24. The zero-order valence-electron chi connectivity index (χ0n) is 17.1. The van der Waals surface area contributed by atoms with E-state index in [0.29, 0.717) is 23.4 Å². The number of rotatable bonds is 8. The lowest BCUT2D eigenvalue weighted by atomic mass is 9.90. The fraction of sp³-hybridized carbons (Fsp3) is 0.429. The molecule has 0 aromatic heterocycles. The molecule has 5 atom stereocenters. The van der Waals surface area contributed by atoms with Crippen LogP contribution in [-0.2, 0) is 27.8 Å². The zero-order chi connectivity index (χ0) is 23.5. The Balaban J connectivity index is 1.72. The second-order valence-electron chi connectivity index (χ2n) is 7.78. The fourth-order valence-electron chi connectivity index (χ4n) is 3.67. The molecule has 0 radical (unpaired) electrons. The van der Waals surface area contributed by atoms with Gasteiger partial charge in [0.1, 0.15) is 30.5 Å². The van der Waals surface area contributed by atoms with Gasteiger partial charge in [0.25, 0.3) is 10.2 Å². The van der Waals surface area contributed by atoms with E-state index in [-0.39, 0.29) is 6.54 Å². The Morgan fingerprint density at radius 2 is 1.66 bits per heavy atom. The van der Waals surface area contributed by atoms with Gasteiger partial charge in [0.15, 0.2) is 0 Å². The molecule has 0 unspecified atom stereocenters. The van der Waals surface area contributed by atoms with Crippen molar-refractivity contribution in [3.05, 3.63) is 69.7 Å². The van der Waals surface area contributed by atoms with Gasteiger partial charge in [-0.1, -0.05) is 48.0 Å². The molecule has 32 heavy (non-hydrogen) atoms. The summed E-state index contributed by atoms with van der Waals surface area (Å²) in [5.74, 6) is 0. The van der Waals surface area contributed by atoms with Crippen molar-refractivity contribution in [2.24, 2.45) is 5.14 Å². The van der Waals surface area contributed by atoms with Gasteiger partial charge in [0.2, 0.25) is 0 Å². The van der Waals surface area contributed by atoms with Crippen molar-refractivity contribution in [2.75, 3.05) is 13.2 Å². The molecule has 1 aliphatic heterocycles. The van der Waals surface area contributed by atoms with Crippen LogP contribution in [-0.4, -0.2) is 66.4 Å². The number of aliphatic hydroxyl groups excluding tert-OH is 4. The number of halogens is 1. The predicted molar refractivity (Wildman–Crippen MR) is 118 cm³/mol. The minimum Gasteiger partial charge on any atom is -0.394 e. The Hall–Kier alpha value is -1.60. The smallest absolute Gasteiger partial charge is 0.274 e. The average Bonchev–Trinajstić information content (AvgIpc) is 2.74. The lowest BCUT2D eigenvalue weighted by molar-refractivity contribution is -0.231. The first kappa shape index (κ1) is 25.0. The lowest BCUT2D eigenvalue weighted by Gasteiger charge is -2.40. The molecule has 1 heterocycles. The van der Waals surface area contributed by atoms with Crippen LogP contribution in [0.3, 0.4) is 0 Å². The van der Waals surface area contributed by atoms with Gasteiger partial charge in [-0.3, -0.25) is 0 Å². The number of ether oxygens (including phenoxy) is 1. The summed E-state index contributed by atoms with van der Waals surface area (Å²) in [5.41, 5.74) is 3.23. The Bertz CT molecular complexity index is 1020. The van der Waals surface area contributed by atoms with E-state index in [0.717, 1.165) is 16.7 Å². The molecule has 11 heteroatoms. The number of hydrogen-bond donors (Lipinski definition) is 6.